The van der Waals surface area contributed by atoms with Crippen LogP contribution in [0.1, 0.15) is 45.4 Å². The molecule has 1 atom stereocenters. The number of rotatable bonds is 7. The Hall–Kier alpha value is -0.120. The molecule has 0 spiro atoms. The fourth-order valence-corrected chi connectivity index (χ4v) is 2.48. The van der Waals surface area contributed by atoms with Crippen molar-refractivity contribution in [1.29, 1.82) is 0 Å². The van der Waals surface area contributed by atoms with Crippen molar-refractivity contribution in [2.75, 3.05) is 32.7 Å². The van der Waals surface area contributed by atoms with E-state index in [1.807, 2.05) is 0 Å². The first-order chi connectivity index (χ1) is 7.86. The number of hydrogen-bond donors (Lipinski definition) is 2. The van der Waals surface area contributed by atoms with E-state index in [0.29, 0.717) is 0 Å². The van der Waals surface area contributed by atoms with Crippen molar-refractivity contribution in [2.45, 2.75) is 51.5 Å². The van der Waals surface area contributed by atoms with Crippen LogP contribution in [0.2, 0.25) is 0 Å². The van der Waals surface area contributed by atoms with Gasteiger partial charge in [-0.1, -0.05) is 6.92 Å². The summed E-state index contributed by atoms with van der Waals surface area (Å²) >= 11 is 0. The van der Waals surface area contributed by atoms with Gasteiger partial charge in [0.1, 0.15) is 0 Å². The molecule has 1 fully saturated rings. The first-order valence-corrected chi connectivity index (χ1v) is 7.02. The zero-order valence-electron chi connectivity index (χ0n) is 10.9. The second kappa shape index (κ2) is 8.97. The van der Waals surface area contributed by atoms with Gasteiger partial charge in [0.05, 0.1) is 0 Å². The maximum atomic E-state index is 5.49. The van der Waals surface area contributed by atoms with E-state index in [1.54, 1.807) is 0 Å². The summed E-state index contributed by atoms with van der Waals surface area (Å²) in [6, 6.07) is 0.750. The Balaban J connectivity index is 2.10. The molecule has 0 aromatic rings. The number of likely N-dealkylation sites (tertiary alicyclic amines) is 1. The summed E-state index contributed by atoms with van der Waals surface area (Å²) in [7, 11) is 0. The van der Waals surface area contributed by atoms with Crippen LogP contribution in [0.5, 0.6) is 0 Å². The molecule has 0 aliphatic carbocycles. The fraction of sp³-hybridized carbons (Fsp3) is 1.00. The summed E-state index contributed by atoms with van der Waals surface area (Å²) in [6.07, 6.45) is 7.70. The molecule has 0 aromatic heterocycles. The predicted octanol–water partition coefficient (Wildman–Crippen LogP) is 1.58. The number of hydrogen-bond acceptors (Lipinski definition) is 3. The number of unbranched alkanes of at least 4 members (excludes halogenated alkanes) is 1. The Morgan fingerprint density at radius 2 is 2.12 bits per heavy atom. The van der Waals surface area contributed by atoms with Crippen LogP contribution in [0.3, 0.4) is 0 Å². The van der Waals surface area contributed by atoms with E-state index in [9.17, 15) is 0 Å². The highest BCUT2D eigenvalue weighted by Gasteiger charge is 2.15. The second-order valence-electron chi connectivity index (χ2n) is 4.92. The van der Waals surface area contributed by atoms with Crippen LogP contribution in [0, 0.1) is 0 Å². The lowest BCUT2D eigenvalue weighted by Crippen LogP contribution is -2.32. The van der Waals surface area contributed by atoms with Gasteiger partial charge in [0, 0.05) is 6.04 Å². The Morgan fingerprint density at radius 3 is 2.88 bits per heavy atom. The average molecular weight is 227 g/mol. The van der Waals surface area contributed by atoms with Crippen LogP contribution < -0.4 is 11.1 Å². The molecule has 3 N–H and O–H groups in total. The van der Waals surface area contributed by atoms with E-state index >= 15 is 0 Å². The molecule has 3 heteroatoms. The van der Waals surface area contributed by atoms with Gasteiger partial charge in [0.15, 0.2) is 0 Å². The molecule has 16 heavy (non-hydrogen) atoms. The first-order valence-electron chi connectivity index (χ1n) is 7.02. The second-order valence-corrected chi connectivity index (χ2v) is 4.92. The number of nitrogens with one attached hydrogen (secondary N) is 1. The molecule has 1 unspecified atom stereocenters. The fourth-order valence-electron chi connectivity index (χ4n) is 2.48. The molecule has 96 valence electrons. The van der Waals surface area contributed by atoms with Crippen LogP contribution in [-0.4, -0.2) is 43.7 Å². The van der Waals surface area contributed by atoms with Crippen LogP contribution in [0.25, 0.3) is 0 Å². The Kier molecular flexibility index (Phi) is 7.81. The quantitative estimate of drug-likeness (QED) is 0.649. The van der Waals surface area contributed by atoms with Gasteiger partial charge in [-0.25, -0.2) is 0 Å². The van der Waals surface area contributed by atoms with E-state index in [2.05, 4.69) is 17.1 Å². The summed E-state index contributed by atoms with van der Waals surface area (Å²) in [6.45, 7) is 8.11. The molecule has 1 rings (SSSR count). The Labute approximate surface area is 101 Å². The van der Waals surface area contributed by atoms with Gasteiger partial charge in [0.2, 0.25) is 0 Å². The summed E-state index contributed by atoms with van der Waals surface area (Å²) < 4.78 is 0. The lowest BCUT2D eigenvalue weighted by atomic mass is 10.1. The number of nitrogens with two attached hydrogens (primary N) is 1. The zero-order valence-corrected chi connectivity index (χ0v) is 10.9. The third-order valence-electron chi connectivity index (χ3n) is 3.42. The van der Waals surface area contributed by atoms with Crippen LogP contribution in [0.4, 0.5) is 0 Å². The third-order valence-corrected chi connectivity index (χ3v) is 3.42. The molecular weight excluding hydrogens is 198 g/mol. The van der Waals surface area contributed by atoms with Gasteiger partial charge in [-0.3, -0.25) is 0 Å². The highest BCUT2D eigenvalue weighted by molar-refractivity contribution is 4.74. The summed E-state index contributed by atoms with van der Waals surface area (Å²) in [4.78, 5) is 2.61. The zero-order chi connectivity index (χ0) is 11.6. The molecule has 1 saturated heterocycles. The van der Waals surface area contributed by atoms with Gasteiger partial charge in [0.25, 0.3) is 0 Å². The van der Waals surface area contributed by atoms with Crippen LogP contribution in [0.15, 0.2) is 0 Å². The molecule has 1 heterocycles. The molecule has 0 saturated carbocycles. The van der Waals surface area contributed by atoms with E-state index < -0.39 is 0 Å². The smallest absolute Gasteiger partial charge is 0.00797 e. The van der Waals surface area contributed by atoms with Crippen molar-refractivity contribution in [3.8, 4) is 0 Å². The summed E-state index contributed by atoms with van der Waals surface area (Å²) in [5.74, 6) is 0. The molecular formula is C13H29N3. The number of nitrogens with zero attached hydrogens (tertiary/aromatic N) is 1. The molecule has 0 amide bonds. The standard InChI is InChI=1S/C13H29N3/c1-2-10-16-11-5-6-13(7-12-16)15-9-4-3-8-14/h13,15H,2-12,14H2,1H3. The van der Waals surface area contributed by atoms with E-state index in [1.165, 1.54) is 51.7 Å². The van der Waals surface area contributed by atoms with Gasteiger partial charge < -0.3 is 16.0 Å². The van der Waals surface area contributed by atoms with E-state index in [0.717, 1.165) is 25.6 Å². The lowest BCUT2D eigenvalue weighted by molar-refractivity contribution is 0.282. The van der Waals surface area contributed by atoms with Gasteiger partial charge in [-0.05, 0) is 71.2 Å². The van der Waals surface area contributed by atoms with Crippen molar-refractivity contribution in [3.05, 3.63) is 0 Å². The van der Waals surface area contributed by atoms with Crippen molar-refractivity contribution in [3.63, 3.8) is 0 Å². The van der Waals surface area contributed by atoms with Crippen molar-refractivity contribution >= 4 is 0 Å². The summed E-state index contributed by atoms with van der Waals surface area (Å²) in [5.41, 5.74) is 5.49. The highest BCUT2D eigenvalue weighted by Crippen LogP contribution is 2.11. The van der Waals surface area contributed by atoms with Gasteiger partial charge in [-0.15, -0.1) is 0 Å². The summed E-state index contributed by atoms with van der Waals surface area (Å²) in [5, 5.41) is 3.68. The minimum Gasteiger partial charge on any atom is -0.330 e. The molecule has 0 radical (unpaired) electrons. The predicted molar refractivity (Wildman–Crippen MR) is 70.7 cm³/mol. The Bertz CT molecular complexity index is 161. The van der Waals surface area contributed by atoms with Gasteiger partial charge in [-0.2, -0.15) is 0 Å². The van der Waals surface area contributed by atoms with E-state index in [4.69, 9.17) is 5.73 Å². The SMILES string of the molecule is CCCN1CCCC(NCCCCN)CC1. The maximum Gasteiger partial charge on any atom is 0.00797 e. The van der Waals surface area contributed by atoms with Crippen molar-refractivity contribution in [1.82, 2.24) is 10.2 Å². The van der Waals surface area contributed by atoms with Crippen molar-refractivity contribution < 1.29 is 0 Å². The monoisotopic (exact) mass is 227 g/mol. The van der Waals surface area contributed by atoms with Gasteiger partial charge >= 0.3 is 0 Å². The highest BCUT2D eigenvalue weighted by atomic mass is 15.1. The lowest BCUT2D eigenvalue weighted by Gasteiger charge is -2.19. The Morgan fingerprint density at radius 1 is 1.25 bits per heavy atom. The minimum atomic E-state index is 0.750. The van der Waals surface area contributed by atoms with Crippen LogP contribution in [-0.2, 0) is 0 Å². The van der Waals surface area contributed by atoms with Crippen molar-refractivity contribution in [2.24, 2.45) is 5.73 Å². The molecule has 1 aliphatic rings. The largest absolute Gasteiger partial charge is 0.330 e. The molecule has 1 aliphatic heterocycles. The normalized spacial score (nSPS) is 23.2. The molecule has 3 nitrogen and oxygen atoms in total. The topological polar surface area (TPSA) is 41.3 Å². The molecule has 0 bridgehead atoms. The molecule has 0 aromatic carbocycles. The first kappa shape index (κ1) is 13.9. The van der Waals surface area contributed by atoms with Crippen LogP contribution >= 0.6 is 0 Å². The average Bonchev–Trinajstić information content (AvgIpc) is 2.51. The maximum absolute atomic E-state index is 5.49. The third kappa shape index (κ3) is 5.83. The van der Waals surface area contributed by atoms with E-state index in [-0.39, 0.29) is 0 Å². The minimum absolute atomic E-state index is 0.750.